The molecule has 0 rings (SSSR count). The number of quaternary nitrogens is 1. The fourth-order valence-electron chi connectivity index (χ4n) is 6.80. The maximum absolute atomic E-state index is 12.8. The largest absolute Gasteiger partial charge is 1.00 e. The molecule has 51 heavy (non-hydrogen) atoms. The number of ether oxygens (including phenoxy) is 2. The molecule has 302 valence electrons. The number of halogens is 1. The highest BCUT2D eigenvalue weighted by Gasteiger charge is 2.29. The average molecular weight is 741 g/mol. The third kappa shape index (κ3) is 34.2. The van der Waals surface area contributed by atoms with Crippen LogP contribution in [-0.4, -0.2) is 55.3 Å². The SMILES string of the molecule is CCCCCCCC/C=C/CCCCCCCC(=O)OCC(C[N+](CC)(CC)CC)OC(=O)CCCCCCC/C=C/CCCCCCCC.[Cl-]. The lowest BCUT2D eigenvalue weighted by atomic mass is 10.1. The van der Waals surface area contributed by atoms with E-state index in [1.165, 1.54) is 135 Å². The van der Waals surface area contributed by atoms with Crippen molar-refractivity contribution in [2.75, 3.05) is 32.8 Å². The van der Waals surface area contributed by atoms with Gasteiger partial charge in [0, 0.05) is 12.8 Å². The van der Waals surface area contributed by atoms with Crippen molar-refractivity contribution in [2.24, 2.45) is 0 Å². The highest BCUT2D eigenvalue weighted by atomic mass is 35.5. The zero-order valence-corrected chi connectivity index (χ0v) is 35.4. The average Bonchev–Trinajstić information content (AvgIpc) is 3.12. The molecule has 0 radical (unpaired) electrons. The zero-order valence-electron chi connectivity index (χ0n) is 34.7. The number of nitrogens with zero attached hydrogens (tertiary/aromatic N) is 1. The molecule has 0 aromatic heterocycles. The monoisotopic (exact) mass is 740 g/mol. The Bertz CT molecular complexity index is 802. The fourth-order valence-corrected chi connectivity index (χ4v) is 6.80. The first kappa shape index (κ1) is 51.8. The van der Waals surface area contributed by atoms with Gasteiger partial charge in [0.05, 0.1) is 19.6 Å². The first-order valence-corrected chi connectivity index (χ1v) is 22.0. The Kier molecular flexibility index (Phi) is 40.5. The Balaban J connectivity index is 0. The second-order valence-corrected chi connectivity index (χ2v) is 14.9. The zero-order chi connectivity index (χ0) is 36.8. The predicted molar refractivity (Wildman–Crippen MR) is 216 cm³/mol. The minimum absolute atomic E-state index is 0. The molecule has 0 saturated carbocycles. The summed E-state index contributed by atoms with van der Waals surface area (Å²) in [5, 5.41) is 0. The first-order chi connectivity index (χ1) is 24.5. The van der Waals surface area contributed by atoms with Crippen LogP contribution < -0.4 is 12.4 Å². The van der Waals surface area contributed by atoms with Crippen molar-refractivity contribution in [3.05, 3.63) is 24.3 Å². The lowest BCUT2D eigenvalue weighted by Gasteiger charge is -2.38. The number of likely N-dealkylation sites (N-methyl/N-ethyl adjacent to an activating group) is 1. The van der Waals surface area contributed by atoms with Gasteiger partial charge in [0.1, 0.15) is 13.2 Å². The van der Waals surface area contributed by atoms with Gasteiger partial charge in [-0.3, -0.25) is 9.59 Å². The van der Waals surface area contributed by atoms with Gasteiger partial charge in [-0.2, -0.15) is 0 Å². The summed E-state index contributed by atoms with van der Waals surface area (Å²) < 4.78 is 12.5. The van der Waals surface area contributed by atoms with E-state index in [0.717, 1.165) is 56.2 Å². The van der Waals surface area contributed by atoms with E-state index in [1.54, 1.807) is 0 Å². The molecule has 0 aliphatic heterocycles. The molecule has 0 amide bonds. The van der Waals surface area contributed by atoms with E-state index >= 15 is 0 Å². The molecule has 0 saturated heterocycles. The molecule has 0 N–H and O–H groups in total. The summed E-state index contributed by atoms with van der Waals surface area (Å²) in [6, 6.07) is 0. The Morgan fingerprint density at radius 1 is 0.471 bits per heavy atom. The number of unbranched alkanes of at least 4 members (excludes halogenated alkanes) is 22. The maximum Gasteiger partial charge on any atom is 0.306 e. The van der Waals surface area contributed by atoms with Crippen LogP contribution in [0.5, 0.6) is 0 Å². The molecular formula is C45H86ClNO4. The van der Waals surface area contributed by atoms with Gasteiger partial charge < -0.3 is 26.4 Å². The summed E-state index contributed by atoms with van der Waals surface area (Å²) in [6.07, 6.45) is 42.2. The van der Waals surface area contributed by atoms with Crippen LogP contribution in [0.25, 0.3) is 0 Å². The summed E-state index contributed by atoms with van der Waals surface area (Å²) in [5.41, 5.74) is 0. The number of esters is 2. The van der Waals surface area contributed by atoms with Gasteiger partial charge in [0.15, 0.2) is 6.10 Å². The Hall–Kier alpha value is -1.33. The fraction of sp³-hybridized carbons (Fsp3) is 0.867. The Labute approximate surface area is 324 Å². The van der Waals surface area contributed by atoms with Crippen LogP contribution in [0.1, 0.15) is 214 Å². The van der Waals surface area contributed by atoms with Crippen molar-refractivity contribution in [1.82, 2.24) is 0 Å². The highest BCUT2D eigenvalue weighted by Crippen LogP contribution is 2.15. The predicted octanol–water partition coefficient (Wildman–Crippen LogP) is 10.4. The van der Waals surface area contributed by atoms with E-state index in [-0.39, 0.29) is 37.1 Å². The Morgan fingerprint density at radius 3 is 1.18 bits per heavy atom. The van der Waals surface area contributed by atoms with Crippen LogP contribution in [-0.2, 0) is 19.1 Å². The molecule has 5 nitrogen and oxygen atoms in total. The van der Waals surface area contributed by atoms with E-state index in [1.807, 2.05) is 0 Å². The van der Waals surface area contributed by atoms with E-state index < -0.39 is 0 Å². The smallest absolute Gasteiger partial charge is 0.306 e. The van der Waals surface area contributed by atoms with Crippen molar-refractivity contribution in [3.8, 4) is 0 Å². The summed E-state index contributed by atoms with van der Waals surface area (Å²) in [6.45, 7) is 14.9. The molecule has 0 aliphatic carbocycles. The van der Waals surface area contributed by atoms with Crippen molar-refractivity contribution in [1.29, 1.82) is 0 Å². The van der Waals surface area contributed by atoms with Gasteiger partial charge >= 0.3 is 11.9 Å². The van der Waals surface area contributed by atoms with Gasteiger partial charge in [-0.25, -0.2) is 0 Å². The van der Waals surface area contributed by atoms with Crippen molar-refractivity contribution in [3.63, 3.8) is 0 Å². The summed E-state index contributed by atoms with van der Waals surface area (Å²) >= 11 is 0. The van der Waals surface area contributed by atoms with Crippen LogP contribution in [0.15, 0.2) is 24.3 Å². The van der Waals surface area contributed by atoms with Crippen LogP contribution in [0.2, 0.25) is 0 Å². The van der Waals surface area contributed by atoms with Crippen LogP contribution >= 0.6 is 0 Å². The normalized spacial score (nSPS) is 12.4. The highest BCUT2D eigenvalue weighted by molar-refractivity contribution is 5.70. The molecule has 0 aromatic rings. The second kappa shape index (κ2) is 39.9. The van der Waals surface area contributed by atoms with Crippen molar-refractivity contribution < 1.29 is 36.0 Å². The maximum atomic E-state index is 12.8. The Morgan fingerprint density at radius 2 is 0.804 bits per heavy atom. The van der Waals surface area contributed by atoms with E-state index in [9.17, 15) is 9.59 Å². The number of rotatable bonds is 38. The van der Waals surface area contributed by atoms with Gasteiger partial charge in [-0.15, -0.1) is 0 Å². The first-order valence-electron chi connectivity index (χ1n) is 22.0. The van der Waals surface area contributed by atoms with Gasteiger partial charge in [-0.05, 0) is 85.0 Å². The molecule has 1 unspecified atom stereocenters. The lowest BCUT2D eigenvalue weighted by molar-refractivity contribution is -0.925. The van der Waals surface area contributed by atoms with Crippen LogP contribution in [0, 0.1) is 0 Å². The quantitative estimate of drug-likeness (QED) is 0.0274. The molecule has 0 aromatic carbocycles. The third-order valence-electron chi connectivity index (χ3n) is 10.6. The van der Waals surface area contributed by atoms with Crippen LogP contribution in [0.3, 0.4) is 0 Å². The molecule has 1 atom stereocenters. The van der Waals surface area contributed by atoms with Crippen molar-refractivity contribution in [2.45, 2.75) is 221 Å². The standard InChI is InChI=1S/C45H86NO4.ClH/c1-6-11-13-15-17-19-21-23-25-27-29-31-33-35-37-39-44(47)49-42-43(41-46(8-3,9-4)10-5)50-45(48)40-38-36-34-32-30-28-26-24-22-20-18-16-14-12-7-2;/h23-26,43H,6-22,27-42H2,1-5H3;1H/q+1;/p-1/b25-23+,26-24+;. The number of carbonyl (C=O) groups is 2. The molecule has 0 spiro atoms. The molecule has 0 heterocycles. The molecule has 0 fully saturated rings. The van der Waals surface area contributed by atoms with Crippen molar-refractivity contribution >= 4 is 11.9 Å². The summed E-state index contributed by atoms with van der Waals surface area (Å²) in [4.78, 5) is 25.4. The second-order valence-electron chi connectivity index (χ2n) is 14.9. The minimum Gasteiger partial charge on any atom is -1.00 e. The lowest BCUT2D eigenvalue weighted by Crippen LogP contribution is -3.00. The van der Waals surface area contributed by atoms with E-state index in [4.69, 9.17) is 9.47 Å². The molecule has 0 bridgehead atoms. The molecular weight excluding hydrogens is 654 g/mol. The van der Waals surface area contributed by atoms with E-state index in [2.05, 4.69) is 58.9 Å². The number of carbonyl (C=O) groups excluding carboxylic acids is 2. The number of hydrogen-bond acceptors (Lipinski definition) is 4. The van der Waals surface area contributed by atoms with Gasteiger partial charge in [-0.1, -0.05) is 141 Å². The molecule has 0 aliphatic rings. The molecule has 6 heteroatoms. The topological polar surface area (TPSA) is 52.6 Å². The summed E-state index contributed by atoms with van der Waals surface area (Å²) in [7, 11) is 0. The number of hydrogen-bond donors (Lipinski definition) is 0. The van der Waals surface area contributed by atoms with Gasteiger partial charge in [0.25, 0.3) is 0 Å². The van der Waals surface area contributed by atoms with Gasteiger partial charge in [0.2, 0.25) is 0 Å². The summed E-state index contributed by atoms with van der Waals surface area (Å²) in [5.74, 6) is -0.314. The van der Waals surface area contributed by atoms with Crippen LogP contribution in [0.4, 0.5) is 0 Å². The minimum atomic E-state index is -0.386. The van der Waals surface area contributed by atoms with E-state index in [0.29, 0.717) is 19.4 Å². The third-order valence-corrected chi connectivity index (χ3v) is 10.6. The number of allylic oxidation sites excluding steroid dienone is 4.